The lowest BCUT2D eigenvalue weighted by molar-refractivity contribution is -0.104. The first-order valence-corrected chi connectivity index (χ1v) is 22.8. The van der Waals surface area contributed by atoms with Gasteiger partial charge in [-0.25, -0.2) is 0 Å². The summed E-state index contributed by atoms with van der Waals surface area (Å²) >= 11 is 0. The molecule has 6 atom stereocenters. The molecule has 0 bridgehead atoms. The average molecular weight is 625 g/mol. The number of fused-ring (bicyclic) bond motifs is 1. The van der Waals surface area contributed by atoms with E-state index in [4.69, 9.17) is 8.85 Å². The number of rotatable bonds is 9. The topological polar surface area (TPSA) is 35.5 Å². The van der Waals surface area contributed by atoms with Crippen LogP contribution in [-0.4, -0.2) is 35.1 Å². The first-order chi connectivity index (χ1) is 19.7. The lowest BCUT2D eigenvalue weighted by Crippen LogP contribution is -2.49. The highest BCUT2D eigenvalue weighted by Gasteiger charge is 2.50. The van der Waals surface area contributed by atoms with Gasteiger partial charge in [-0.2, -0.15) is 0 Å². The molecular formula is C38H64O3Si2. The zero-order chi connectivity index (χ0) is 32.4. The average Bonchev–Trinajstić information content (AvgIpc) is 3.23. The molecule has 0 amide bonds. The quantitative estimate of drug-likeness (QED) is 0.111. The summed E-state index contributed by atoms with van der Waals surface area (Å²) in [5.41, 5.74) is 4.45. The standard InChI is InChI=1S/C38H64O3Si2/c1-28(18-15-14-16-25-39)33-22-23-34-30(19-17-24-38(33,34)9)20-21-31-26-32(40-42(10,11)36(3,4)5)27-35(29(31)2)41-43(12,13)37(6,7)8/h14-16,18,20-21,25,28,32-35H,2,17,19,22-24,26-27H2,1,3-13H3/t28-,32-,33-,34+,35+,38-/m1/s1. The van der Waals surface area contributed by atoms with Crippen molar-refractivity contribution in [1.82, 2.24) is 0 Å². The molecular weight excluding hydrogens is 561 g/mol. The summed E-state index contributed by atoms with van der Waals surface area (Å²) in [6.45, 7) is 33.0. The maximum atomic E-state index is 10.7. The molecule has 3 aliphatic rings. The van der Waals surface area contributed by atoms with Gasteiger partial charge in [0.05, 0.1) is 12.2 Å². The van der Waals surface area contributed by atoms with Gasteiger partial charge in [0.2, 0.25) is 0 Å². The molecule has 0 aliphatic heterocycles. The van der Waals surface area contributed by atoms with E-state index >= 15 is 0 Å². The molecule has 0 aromatic rings. The highest BCUT2D eigenvalue weighted by molar-refractivity contribution is 6.74. The molecule has 0 N–H and O–H groups in total. The summed E-state index contributed by atoms with van der Waals surface area (Å²) in [6, 6.07) is 0. The third kappa shape index (κ3) is 8.31. The van der Waals surface area contributed by atoms with E-state index in [1.165, 1.54) is 43.3 Å². The molecule has 3 aliphatic carbocycles. The Bertz CT molecular complexity index is 1130. The van der Waals surface area contributed by atoms with Crippen LogP contribution in [-0.2, 0) is 13.6 Å². The minimum Gasteiger partial charge on any atom is -0.413 e. The minimum atomic E-state index is -1.98. The van der Waals surface area contributed by atoms with Crippen molar-refractivity contribution in [3.8, 4) is 0 Å². The molecule has 0 unspecified atom stereocenters. The molecule has 3 fully saturated rings. The van der Waals surface area contributed by atoms with Crippen molar-refractivity contribution in [2.45, 2.75) is 149 Å². The van der Waals surface area contributed by atoms with Crippen molar-refractivity contribution < 1.29 is 13.6 Å². The van der Waals surface area contributed by atoms with Gasteiger partial charge in [-0.1, -0.05) is 97.9 Å². The molecule has 0 aromatic heterocycles. The minimum absolute atomic E-state index is 0.0162. The van der Waals surface area contributed by atoms with Gasteiger partial charge in [0.15, 0.2) is 16.6 Å². The first-order valence-electron chi connectivity index (χ1n) is 17.0. The Morgan fingerprint density at radius 2 is 1.56 bits per heavy atom. The molecule has 0 aromatic carbocycles. The maximum absolute atomic E-state index is 10.7. The van der Waals surface area contributed by atoms with E-state index in [1.54, 1.807) is 11.6 Å². The van der Waals surface area contributed by atoms with Crippen LogP contribution in [0.1, 0.15) is 100 Å². The van der Waals surface area contributed by atoms with Gasteiger partial charge in [-0.05, 0) is 115 Å². The van der Waals surface area contributed by atoms with Crippen LogP contribution in [0.2, 0.25) is 36.3 Å². The predicted molar refractivity (Wildman–Crippen MR) is 190 cm³/mol. The Labute approximate surface area is 267 Å². The number of aldehydes is 1. The van der Waals surface area contributed by atoms with E-state index in [0.29, 0.717) is 23.2 Å². The first kappa shape index (κ1) is 36.2. The number of carbonyl (C=O) groups excluding carboxylic acids is 1. The van der Waals surface area contributed by atoms with Crippen LogP contribution in [0, 0.1) is 23.2 Å². The summed E-state index contributed by atoms with van der Waals surface area (Å²) in [5.74, 6) is 1.81. The van der Waals surface area contributed by atoms with Gasteiger partial charge < -0.3 is 8.85 Å². The van der Waals surface area contributed by atoms with Gasteiger partial charge in [-0.3, -0.25) is 4.79 Å². The van der Waals surface area contributed by atoms with Crippen LogP contribution in [0.25, 0.3) is 0 Å². The molecule has 242 valence electrons. The van der Waals surface area contributed by atoms with Crippen molar-refractivity contribution in [3.05, 3.63) is 59.8 Å². The van der Waals surface area contributed by atoms with E-state index in [-0.39, 0.29) is 22.3 Å². The van der Waals surface area contributed by atoms with Crippen LogP contribution in [0.5, 0.6) is 0 Å². The largest absolute Gasteiger partial charge is 0.413 e. The van der Waals surface area contributed by atoms with Crippen molar-refractivity contribution in [2.24, 2.45) is 23.2 Å². The Morgan fingerprint density at radius 1 is 0.930 bits per heavy atom. The van der Waals surface area contributed by atoms with Crippen LogP contribution >= 0.6 is 0 Å². The fourth-order valence-electron chi connectivity index (χ4n) is 7.39. The van der Waals surface area contributed by atoms with Gasteiger partial charge in [0.1, 0.15) is 6.29 Å². The molecule has 3 rings (SSSR count). The summed E-state index contributed by atoms with van der Waals surface area (Å²) in [4.78, 5) is 10.7. The van der Waals surface area contributed by atoms with Crippen LogP contribution in [0.4, 0.5) is 0 Å². The van der Waals surface area contributed by atoms with E-state index in [1.807, 2.05) is 6.08 Å². The second-order valence-electron chi connectivity index (χ2n) is 17.1. The summed E-state index contributed by atoms with van der Waals surface area (Å²) in [5, 5.41) is 0.320. The number of hydrogen-bond acceptors (Lipinski definition) is 3. The third-order valence-electron chi connectivity index (χ3n) is 12.1. The zero-order valence-electron chi connectivity index (χ0n) is 29.8. The highest BCUT2D eigenvalue weighted by atomic mass is 28.4. The lowest BCUT2D eigenvalue weighted by Gasteiger charge is -2.45. The maximum Gasteiger partial charge on any atom is 0.192 e. The Hall–Kier alpha value is -1.28. The monoisotopic (exact) mass is 624 g/mol. The molecule has 0 spiro atoms. The third-order valence-corrected chi connectivity index (χ3v) is 21.1. The van der Waals surface area contributed by atoms with Gasteiger partial charge in [0, 0.05) is 6.42 Å². The predicted octanol–water partition coefficient (Wildman–Crippen LogP) is 11.1. The van der Waals surface area contributed by atoms with Gasteiger partial charge in [0.25, 0.3) is 0 Å². The molecule has 0 heterocycles. The summed E-state index contributed by atoms with van der Waals surface area (Å²) in [7, 11) is -3.91. The van der Waals surface area contributed by atoms with Crippen molar-refractivity contribution in [1.29, 1.82) is 0 Å². The summed E-state index contributed by atoms with van der Waals surface area (Å²) in [6.07, 6.45) is 21.8. The number of carbonyl (C=O) groups is 1. The smallest absolute Gasteiger partial charge is 0.192 e. The summed E-state index contributed by atoms with van der Waals surface area (Å²) < 4.78 is 14.1. The van der Waals surface area contributed by atoms with Crippen molar-refractivity contribution >= 4 is 22.9 Å². The molecule has 43 heavy (non-hydrogen) atoms. The van der Waals surface area contributed by atoms with Crippen LogP contribution in [0.3, 0.4) is 0 Å². The van der Waals surface area contributed by atoms with E-state index < -0.39 is 16.6 Å². The lowest BCUT2D eigenvalue weighted by atomic mass is 9.61. The normalized spacial score (nSPS) is 32.2. The molecule has 0 radical (unpaired) electrons. The second kappa shape index (κ2) is 13.6. The van der Waals surface area contributed by atoms with Gasteiger partial charge >= 0.3 is 0 Å². The number of allylic oxidation sites excluding steroid dienone is 7. The fourth-order valence-corrected chi connectivity index (χ4v) is 10.1. The van der Waals surface area contributed by atoms with Crippen molar-refractivity contribution in [2.75, 3.05) is 0 Å². The molecule has 3 nitrogen and oxygen atoms in total. The van der Waals surface area contributed by atoms with Gasteiger partial charge in [-0.15, -0.1) is 0 Å². The SMILES string of the molecule is C=C1C(=CC=C2CCC[C@]3(C)[C@@H]([C@H](C)C=CC=CC=O)CC[C@@H]23)C[C@@H](O[Si](C)(C)C(C)(C)C)C[C@@H]1O[Si](C)(C)C(C)(C)C. The van der Waals surface area contributed by atoms with E-state index in [9.17, 15) is 4.79 Å². The highest BCUT2D eigenvalue weighted by Crippen LogP contribution is 2.59. The fraction of sp³-hybridized carbons (Fsp3) is 0.711. The Morgan fingerprint density at radius 3 is 2.16 bits per heavy atom. The van der Waals surface area contributed by atoms with Crippen molar-refractivity contribution in [3.63, 3.8) is 0 Å². The second-order valence-corrected chi connectivity index (χ2v) is 26.6. The Balaban J connectivity index is 1.90. The van der Waals surface area contributed by atoms with E-state index in [2.05, 4.69) is 112 Å². The number of hydrogen-bond donors (Lipinski definition) is 0. The van der Waals surface area contributed by atoms with Crippen LogP contribution < -0.4 is 0 Å². The van der Waals surface area contributed by atoms with E-state index in [0.717, 1.165) is 19.1 Å². The van der Waals surface area contributed by atoms with Crippen LogP contribution in [0.15, 0.2) is 59.8 Å². The Kier molecular flexibility index (Phi) is 11.5. The zero-order valence-corrected chi connectivity index (χ0v) is 31.8. The molecule has 5 heteroatoms. The molecule has 0 saturated heterocycles. The molecule has 3 saturated carbocycles.